The molecule has 5 nitrogen and oxygen atoms in total. The first kappa shape index (κ1) is 15.5. The molecule has 16 heavy (non-hydrogen) atoms. The standard InChI is InChI=1S/C10H20O5Si/c1-9(2)10(12)6-5-7-16(13-3,14-4)15-8-11/h11H,1,5-8H2,2-4H3. The third kappa shape index (κ3) is 5.00. The molecule has 0 amide bonds. The van der Waals surface area contributed by atoms with Crippen LogP contribution in [0.3, 0.4) is 0 Å². The SMILES string of the molecule is C=C(C)C(=O)CCC[Si](OC)(OC)OCO. The molecule has 0 aliphatic carbocycles. The van der Waals surface area contributed by atoms with E-state index in [9.17, 15) is 4.79 Å². The molecule has 0 heterocycles. The Balaban J connectivity index is 4.12. The van der Waals surface area contributed by atoms with Crippen LogP contribution in [0.4, 0.5) is 0 Å². The first-order valence-electron chi connectivity index (χ1n) is 5.05. The highest BCUT2D eigenvalue weighted by Crippen LogP contribution is 2.17. The van der Waals surface area contributed by atoms with Crippen molar-refractivity contribution in [2.75, 3.05) is 21.0 Å². The van der Waals surface area contributed by atoms with Gasteiger partial charge in [0.1, 0.15) is 6.79 Å². The van der Waals surface area contributed by atoms with Crippen molar-refractivity contribution in [3.8, 4) is 0 Å². The minimum atomic E-state index is -2.78. The second-order valence-corrected chi connectivity index (χ2v) is 6.39. The van der Waals surface area contributed by atoms with Crippen LogP contribution in [0.25, 0.3) is 0 Å². The van der Waals surface area contributed by atoms with Crippen LogP contribution in [0.1, 0.15) is 19.8 Å². The summed E-state index contributed by atoms with van der Waals surface area (Å²) in [7, 11) is 0.179. The van der Waals surface area contributed by atoms with Crippen LogP contribution < -0.4 is 0 Å². The van der Waals surface area contributed by atoms with Crippen LogP contribution in [0.2, 0.25) is 6.04 Å². The molecule has 0 unspecified atom stereocenters. The maximum absolute atomic E-state index is 11.3. The summed E-state index contributed by atoms with van der Waals surface area (Å²) in [6, 6.07) is 0.500. The quantitative estimate of drug-likeness (QED) is 0.376. The molecule has 94 valence electrons. The fraction of sp³-hybridized carbons (Fsp3) is 0.700. The first-order chi connectivity index (χ1) is 7.51. The Morgan fingerprint density at radius 1 is 1.38 bits per heavy atom. The van der Waals surface area contributed by atoms with Crippen molar-refractivity contribution in [2.24, 2.45) is 0 Å². The second kappa shape index (κ2) is 7.69. The highest BCUT2D eigenvalue weighted by atomic mass is 28.4. The highest BCUT2D eigenvalue weighted by molar-refractivity contribution is 6.60. The van der Waals surface area contributed by atoms with Gasteiger partial charge in [-0.05, 0) is 18.9 Å². The lowest BCUT2D eigenvalue weighted by Crippen LogP contribution is -2.44. The van der Waals surface area contributed by atoms with Gasteiger partial charge in [-0.25, -0.2) is 0 Å². The number of aliphatic hydroxyl groups is 1. The van der Waals surface area contributed by atoms with Gasteiger partial charge in [0, 0.05) is 26.7 Å². The first-order valence-corrected chi connectivity index (χ1v) is 6.98. The molecule has 6 heteroatoms. The number of carbonyl (C=O) groups excluding carboxylic acids is 1. The van der Waals surface area contributed by atoms with E-state index in [0.29, 0.717) is 24.5 Å². The van der Waals surface area contributed by atoms with Gasteiger partial charge < -0.3 is 18.4 Å². The van der Waals surface area contributed by atoms with Crippen molar-refractivity contribution >= 4 is 14.6 Å². The zero-order chi connectivity index (χ0) is 12.6. The Hall–Kier alpha value is -0.533. The number of hydrogen-bond donors (Lipinski definition) is 1. The highest BCUT2D eigenvalue weighted by Gasteiger charge is 2.38. The summed E-state index contributed by atoms with van der Waals surface area (Å²) in [4.78, 5) is 11.3. The van der Waals surface area contributed by atoms with Gasteiger partial charge in [0.25, 0.3) is 0 Å². The third-order valence-electron chi connectivity index (χ3n) is 2.27. The molecule has 0 aliphatic heterocycles. The average Bonchev–Trinajstić information content (AvgIpc) is 2.27. The van der Waals surface area contributed by atoms with Gasteiger partial charge in [0.15, 0.2) is 5.78 Å². The molecule has 0 aromatic heterocycles. The van der Waals surface area contributed by atoms with Crippen LogP contribution >= 0.6 is 0 Å². The van der Waals surface area contributed by atoms with E-state index in [-0.39, 0.29) is 5.78 Å². The van der Waals surface area contributed by atoms with Gasteiger partial charge in [-0.3, -0.25) is 4.79 Å². The molecule has 0 aliphatic rings. The molecule has 0 radical (unpaired) electrons. The normalized spacial score (nSPS) is 11.5. The summed E-state index contributed by atoms with van der Waals surface area (Å²) in [5.74, 6) is 0.0269. The van der Waals surface area contributed by atoms with Gasteiger partial charge in [-0.15, -0.1) is 0 Å². The van der Waals surface area contributed by atoms with E-state index in [1.807, 2.05) is 0 Å². The van der Waals surface area contributed by atoms with E-state index >= 15 is 0 Å². The number of ketones is 1. The number of Topliss-reactive ketones (excluding diaryl/α,β-unsaturated/α-hetero) is 1. The number of carbonyl (C=O) groups is 1. The number of rotatable bonds is 9. The van der Waals surface area contributed by atoms with Gasteiger partial charge >= 0.3 is 8.80 Å². The van der Waals surface area contributed by atoms with Gasteiger partial charge in [-0.2, -0.15) is 0 Å². The Labute approximate surface area is 97.4 Å². The lowest BCUT2D eigenvalue weighted by molar-refractivity contribution is -0.115. The van der Waals surface area contributed by atoms with E-state index in [1.165, 1.54) is 14.2 Å². The molecular weight excluding hydrogens is 228 g/mol. The van der Waals surface area contributed by atoms with Crippen molar-refractivity contribution in [2.45, 2.75) is 25.8 Å². The maximum Gasteiger partial charge on any atom is 0.502 e. The fourth-order valence-corrected chi connectivity index (χ4v) is 3.02. The van der Waals surface area contributed by atoms with Crippen molar-refractivity contribution in [3.63, 3.8) is 0 Å². The minimum absolute atomic E-state index is 0.0269. The van der Waals surface area contributed by atoms with E-state index in [2.05, 4.69) is 6.58 Å². The molecular formula is C10H20O5Si. The third-order valence-corrected chi connectivity index (χ3v) is 5.05. The van der Waals surface area contributed by atoms with E-state index in [1.54, 1.807) is 6.92 Å². The van der Waals surface area contributed by atoms with Crippen LogP contribution in [0.5, 0.6) is 0 Å². The zero-order valence-electron chi connectivity index (χ0n) is 10.1. The fourth-order valence-electron chi connectivity index (χ4n) is 1.25. The Bertz CT molecular complexity index is 237. The Kier molecular flexibility index (Phi) is 7.44. The zero-order valence-corrected chi connectivity index (χ0v) is 11.1. The minimum Gasteiger partial charge on any atom is -0.377 e. The lowest BCUT2D eigenvalue weighted by atomic mass is 10.1. The van der Waals surface area contributed by atoms with Gasteiger partial charge in [0.05, 0.1) is 0 Å². The Morgan fingerprint density at radius 3 is 2.31 bits per heavy atom. The van der Waals surface area contributed by atoms with Crippen LogP contribution in [-0.2, 0) is 18.1 Å². The topological polar surface area (TPSA) is 65.0 Å². The Morgan fingerprint density at radius 2 is 1.94 bits per heavy atom. The summed E-state index contributed by atoms with van der Waals surface area (Å²) in [5.41, 5.74) is 0.546. The monoisotopic (exact) mass is 248 g/mol. The number of aliphatic hydroxyl groups excluding tert-OH is 1. The number of hydrogen-bond acceptors (Lipinski definition) is 5. The average molecular weight is 248 g/mol. The smallest absolute Gasteiger partial charge is 0.377 e. The molecule has 0 rings (SSSR count). The second-order valence-electron chi connectivity index (χ2n) is 3.42. The van der Waals surface area contributed by atoms with Crippen LogP contribution in [0, 0.1) is 0 Å². The number of allylic oxidation sites excluding steroid dienone is 1. The summed E-state index contributed by atoms with van der Waals surface area (Å²) in [6.45, 7) is 4.82. The molecule has 1 N–H and O–H groups in total. The lowest BCUT2D eigenvalue weighted by Gasteiger charge is -2.25. The predicted octanol–water partition coefficient (Wildman–Crippen LogP) is 1.11. The molecule has 0 aromatic rings. The summed E-state index contributed by atoms with van der Waals surface area (Å²) in [5, 5.41) is 8.73. The van der Waals surface area contributed by atoms with Gasteiger partial charge in [0.2, 0.25) is 0 Å². The maximum atomic E-state index is 11.3. The summed E-state index contributed by atoms with van der Waals surface area (Å²) < 4.78 is 15.4. The van der Waals surface area contributed by atoms with E-state index < -0.39 is 15.6 Å². The molecule has 0 spiro atoms. The molecule has 0 atom stereocenters. The van der Waals surface area contributed by atoms with Crippen LogP contribution in [0.15, 0.2) is 12.2 Å². The van der Waals surface area contributed by atoms with Crippen molar-refractivity contribution < 1.29 is 23.2 Å². The van der Waals surface area contributed by atoms with Crippen molar-refractivity contribution in [3.05, 3.63) is 12.2 Å². The molecule has 0 saturated heterocycles. The molecule has 0 aromatic carbocycles. The summed E-state index contributed by atoms with van der Waals surface area (Å²) >= 11 is 0. The largest absolute Gasteiger partial charge is 0.502 e. The molecule has 0 fully saturated rings. The van der Waals surface area contributed by atoms with Crippen molar-refractivity contribution in [1.82, 2.24) is 0 Å². The van der Waals surface area contributed by atoms with Crippen LogP contribution in [-0.4, -0.2) is 40.7 Å². The van der Waals surface area contributed by atoms with E-state index in [4.69, 9.17) is 18.4 Å². The van der Waals surface area contributed by atoms with Crippen molar-refractivity contribution in [1.29, 1.82) is 0 Å². The van der Waals surface area contributed by atoms with E-state index in [0.717, 1.165) is 0 Å². The molecule has 0 saturated carbocycles. The van der Waals surface area contributed by atoms with Gasteiger partial charge in [-0.1, -0.05) is 6.58 Å². The summed E-state index contributed by atoms with van der Waals surface area (Å²) in [6.07, 6.45) is 0.991. The predicted molar refractivity (Wildman–Crippen MR) is 61.8 cm³/mol. The molecule has 0 bridgehead atoms.